The lowest BCUT2D eigenvalue weighted by Crippen LogP contribution is -2.38. The van der Waals surface area contributed by atoms with Crippen LogP contribution in [0.3, 0.4) is 0 Å². The van der Waals surface area contributed by atoms with Gasteiger partial charge in [-0.3, -0.25) is 4.79 Å². The molecule has 3 aromatic heterocycles. The number of nitrogens with zero attached hydrogens (tertiary/aromatic N) is 5. The Hall–Kier alpha value is -2.70. The van der Waals surface area contributed by atoms with Gasteiger partial charge < -0.3 is 13.8 Å². The number of rotatable bonds is 2. The molecule has 1 fully saturated rings. The molecule has 7 heteroatoms. The smallest absolute Gasteiger partial charge is 0.256 e. The molecule has 4 rings (SSSR count). The predicted octanol–water partition coefficient (Wildman–Crippen LogP) is 2.70. The first kappa shape index (κ1) is 14.9. The van der Waals surface area contributed by atoms with Gasteiger partial charge >= 0.3 is 0 Å². The Morgan fingerprint density at radius 1 is 1.21 bits per heavy atom. The zero-order chi connectivity index (χ0) is 16.7. The number of aryl methyl sites for hydroxylation is 2. The summed E-state index contributed by atoms with van der Waals surface area (Å²) in [6.45, 7) is 4.43. The van der Waals surface area contributed by atoms with Gasteiger partial charge in [-0.15, -0.1) is 0 Å². The molecule has 1 atom stereocenters. The maximum absolute atomic E-state index is 13.0. The number of carbonyl (C=O) groups excluding carboxylic acids is 1. The van der Waals surface area contributed by atoms with Crippen LogP contribution in [-0.2, 0) is 0 Å². The molecule has 1 aliphatic rings. The van der Waals surface area contributed by atoms with Crippen LogP contribution in [0.5, 0.6) is 0 Å². The first-order valence-corrected chi connectivity index (χ1v) is 8.18. The summed E-state index contributed by atoms with van der Waals surface area (Å²) in [6, 6.07) is 3.55. The molecule has 24 heavy (non-hydrogen) atoms. The zero-order valence-corrected chi connectivity index (χ0v) is 13.8. The van der Waals surface area contributed by atoms with Crippen LogP contribution in [0.25, 0.3) is 5.65 Å². The largest absolute Gasteiger partial charge is 0.337 e. The summed E-state index contributed by atoms with van der Waals surface area (Å²) in [7, 11) is 0. The quantitative estimate of drug-likeness (QED) is 0.724. The van der Waals surface area contributed by atoms with Crippen molar-refractivity contribution in [2.45, 2.75) is 39.2 Å². The Morgan fingerprint density at radius 2 is 2.08 bits per heavy atom. The van der Waals surface area contributed by atoms with Crippen molar-refractivity contribution in [3.63, 3.8) is 0 Å². The van der Waals surface area contributed by atoms with Gasteiger partial charge in [-0.2, -0.15) is 4.98 Å². The van der Waals surface area contributed by atoms with Crippen LogP contribution < -0.4 is 0 Å². The molecule has 0 saturated carbocycles. The molecule has 0 unspecified atom stereocenters. The molecule has 0 N–H and O–H groups in total. The maximum Gasteiger partial charge on any atom is 0.256 e. The first-order chi connectivity index (χ1) is 11.6. The number of aromatic nitrogens is 4. The number of hydrogen-bond donors (Lipinski definition) is 0. The van der Waals surface area contributed by atoms with Crippen molar-refractivity contribution >= 4 is 11.6 Å². The Balaban J connectivity index is 1.67. The molecule has 7 nitrogen and oxygen atoms in total. The third kappa shape index (κ3) is 2.55. The highest BCUT2D eigenvalue weighted by Gasteiger charge is 2.32. The van der Waals surface area contributed by atoms with Crippen LogP contribution in [0.4, 0.5) is 0 Å². The molecule has 124 valence electrons. The summed E-state index contributed by atoms with van der Waals surface area (Å²) in [6.07, 6.45) is 6.64. The van der Waals surface area contributed by atoms with Crippen LogP contribution in [0, 0.1) is 13.8 Å². The van der Waals surface area contributed by atoms with Crippen LogP contribution in [-0.4, -0.2) is 36.9 Å². The topological polar surface area (TPSA) is 76.5 Å². The first-order valence-electron chi connectivity index (χ1n) is 8.18. The highest BCUT2D eigenvalue weighted by atomic mass is 16.5. The van der Waals surface area contributed by atoms with Crippen molar-refractivity contribution < 1.29 is 9.32 Å². The van der Waals surface area contributed by atoms with E-state index in [-0.39, 0.29) is 11.9 Å². The van der Waals surface area contributed by atoms with E-state index in [4.69, 9.17) is 4.52 Å². The highest BCUT2D eigenvalue weighted by Crippen LogP contribution is 2.31. The molecule has 3 aromatic rings. The van der Waals surface area contributed by atoms with Gasteiger partial charge in [-0.25, -0.2) is 4.98 Å². The van der Waals surface area contributed by atoms with Gasteiger partial charge in [-0.05, 0) is 45.2 Å². The highest BCUT2D eigenvalue weighted by molar-refractivity contribution is 5.94. The molecule has 0 aliphatic carbocycles. The Bertz CT molecular complexity index is 897. The van der Waals surface area contributed by atoms with Gasteiger partial charge in [0.05, 0.1) is 11.3 Å². The number of pyridine rings is 1. The van der Waals surface area contributed by atoms with Crippen LogP contribution in [0.15, 0.2) is 29.0 Å². The second-order valence-corrected chi connectivity index (χ2v) is 6.26. The molecule has 0 bridgehead atoms. The van der Waals surface area contributed by atoms with Crippen molar-refractivity contribution in [1.29, 1.82) is 0 Å². The minimum absolute atomic E-state index is 0.0104. The van der Waals surface area contributed by atoms with Crippen molar-refractivity contribution in [3.05, 3.63) is 47.5 Å². The molecular formula is C17H19N5O2. The lowest BCUT2D eigenvalue weighted by atomic mass is 10.0. The lowest BCUT2D eigenvalue weighted by Gasteiger charge is -2.33. The van der Waals surface area contributed by atoms with Crippen molar-refractivity contribution in [3.8, 4) is 0 Å². The molecule has 0 spiro atoms. The van der Waals surface area contributed by atoms with Gasteiger partial charge in [0.15, 0.2) is 5.82 Å². The van der Waals surface area contributed by atoms with E-state index in [1.54, 1.807) is 6.92 Å². The molecule has 4 heterocycles. The van der Waals surface area contributed by atoms with Crippen molar-refractivity contribution in [2.24, 2.45) is 0 Å². The predicted molar refractivity (Wildman–Crippen MR) is 86.6 cm³/mol. The fraction of sp³-hybridized carbons (Fsp3) is 0.412. The zero-order valence-electron chi connectivity index (χ0n) is 13.8. The lowest BCUT2D eigenvalue weighted by molar-refractivity contribution is 0.0561. The molecule has 1 amide bonds. The minimum atomic E-state index is -0.146. The number of hydrogen-bond acceptors (Lipinski definition) is 5. The van der Waals surface area contributed by atoms with E-state index in [0.717, 1.165) is 30.6 Å². The number of amides is 1. The van der Waals surface area contributed by atoms with Crippen molar-refractivity contribution in [2.75, 3.05) is 6.54 Å². The van der Waals surface area contributed by atoms with E-state index < -0.39 is 0 Å². The third-order valence-corrected chi connectivity index (χ3v) is 4.41. The molecule has 1 saturated heterocycles. The number of likely N-dealkylation sites (tertiary alicyclic amines) is 1. The molecule has 1 aliphatic heterocycles. The van der Waals surface area contributed by atoms with Gasteiger partial charge in [0, 0.05) is 18.9 Å². The van der Waals surface area contributed by atoms with E-state index in [1.807, 2.05) is 40.8 Å². The summed E-state index contributed by atoms with van der Waals surface area (Å²) in [5.74, 6) is 1.11. The van der Waals surface area contributed by atoms with E-state index in [2.05, 4.69) is 15.1 Å². The Morgan fingerprint density at radius 3 is 2.88 bits per heavy atom. The summed E-state index contributed by atoms with van der Waals surface area (Å²) >= 11 is 0. The third-order valence-electron chi connectivity index (χ3n) is 4.41. The molecule has 0 radical (unpaired) electrons. The Labute approximate surface area is 139 Å². The summed E-state index contributed by atoms with van der Waals surface area (Å²) in [5, 5.41) is 3.87. The summed E-state index contributed by atoms with van der Waals surface area (Å²) < 4.78 is 7.21. The van der Waals surface area contributed by atoms with Gasteiger partial charge in [0.1, 0.15) is 11.7 Å². The van der Waals surface area contributed by atoms with Crippen LogP contribution in [0.2, 0.25) is 0 Å². The summed E-state index contributed by atoms with van der Waals surface area (Å²) in [4.78, 5) is 23.6. The standard InChI is InChI=1S/C17H19N5O2/c1-11-9-21-10-13(6-7-15(21)18-11)17(23)22-8-4-3-5-14(22)16-19-12(2)20-24-16/h6-7,9-10,14H,3-5,8H2,1-2H3/t14-/m1/s1. The van der Waals surface area contributed by atoms with Crippen LogP contribution >= 0.6 is 0 Å². The minimum Gasteiger partial charge on any atom is -0.337 e. The number of piperidine rings is 1. The van der Waals surface area contributed by atoms with E-state index in [9.17, 15) is 4.79 Å². The van der Waals surface area contributed by atoms with Crippen molar-refractivity contribution in [1.82, 2.24) is 24.4 Å². The maximum atomic E-state index is 13.0. The normalized spacial score (nSPS) is 18.2. The van der Waals surface area contributed by atoms with Gasteiger partial charge in [0.2, 0.25) is 5.89 Å². The molecule has 0 aromatic carbocycles. The van der Waals surface area contributed by atoms with Gasteiger partial charge in [-0.1, -0.05) is 5.16 Å². The average molecular weight is 325 g/mol. The van der Waals surface area contributed by atoms with Crippen LogP contribution in [0.1, 0.15) is 53.1 Å². The van der Waals surface area contributed by atoms with Gasteiger partial charge in [0.25, 0.3) is 5.91 Å². The second-order valence-electron chi connectivity index (χ2n) is 6.26. The Kier molecular flexibility index (Phi) is 3.55. The number of fused-ring (bicyclic) bond motifs is 1. The SMILES string of the molecule is Cc1cn2cc(C(=O)N3CCCC[C@@H]3c3nc(C)no3)ccc2n1. The summed E-state index contributed by atoms with van der Waals surface area (Å²) in [5.41, 5.74) is 2.41. The number of carbonyl (C=O) groups is 1. The monoisotopic (exact) mass is 325 g/mol. The van der Waals surface area contributed by atoms with E-state index in [1.165, 1.54) is 0 Å². The fourth-order valence-electron chi connectivity index (χ4n) is 3.29. The fourth-order valence-corrected chi connectivity index (χ4v) is 3.29. The number of imidazole rings is 1. The second kappa shape index (κ2) is 5.74. The van der Waals surface area contributed by atoms with E-state index in [0.29, 0.717) is 23.8 Å². The average Bonchev–Trinajstić information content (AvgIpc) is 3.18. The molecular weight excluding hydrogens is 306 g/mol. The van der Waals surface area contributed by atoms with E-state index >= 15 is 0 Å².